The Morgan fingerprint density at radius 2 is 0.510 bits per heavy atom. The highest BCUT2D eigenvalue weighted by atomic mass is 31.2. The van der Waals surface area contributed by atoms with Gasteiger partial charge in [0.1, 0.15) is 19.3 Å². The Bertz CT molecular complexity index is 2410. The van der Waals surface area contributed by atoms with E-state index in [1.165, 1.54) is 77.0 Å². The number of phosphoric acid groups is 2. The quantitative estimate of drug-likeness (QED) is 0.0169. The van der Waals surface area contributed by atoms with Crippen molar-refractivity contribution in [3.8, 4) is 0 Å². The second kappa shape index (κ2) is 74.7. The maximum atomic E-state index is 13.1. The molecule has 0 aromatic carbocycles. The van der Waals surface area contributed by atoms with Crippen molar-refractivity contribution in [2.45, 2.75) is 341 Å². The first kappa shape index (κ1) is 97.5. The number of ether oxygens (including phenoxy) is 4. The number of aliphatic hydroxyl groups is 1. The summed E-state index contributed by atoms with van der Waals surface area (Å²) in [5.41, 5.74) is 0. The molecule has 102 heavy (non-hydrogen) atoms. The van der Waals surface area contributed by atoms with Crippen LogP contribution in [0.15, 0.2) is 122 Å². The van der Waals surface area contributed by atoms with Gasteiger partial charge >= 0.3 is 39.5 Å². The molecular formula is C83H142O17P2. The lowest BCUT2D eigenvalue weighted by atomic mass is 10.1. The Labute approximate surface area is 619 Å². The lowest BCUT2D eigenvalue weighted by Crippen LogP contribution is -2.30. The predicted octanol–water partition coefficient (Wildman–Crippen LogP) is 23.1. The van der Waals surface area contributed by atoms with Crippen LogP contribution in [0.1, 0.15) is 323 Å². The topological polar surface area (TPSA) is 237 Å². The van der Waals surface area contributed by atoms with Gasteiger partial charge in [-0.2, -0.15) is 0 Å². The van der Waals surface area contributed by atoms with Gasteiger partial charge in [0.2, 0.25) is 0 Å². The van der Waals surface area contributed by atoms with Crippen LogP contribution in [-0.4, -0.2) is 96.7 Å². The molecule has 0 saturated heterocycles. The van der Waals surface area contributed by atoms with E-state index in [4.69, 9.17) is 37.0 Å². The van der Waals surface area contributed by atoms with E-state index in [1.54, 1.807) is 0 Å². The van der Waals surface area contributed by atoms with Gasteiger partial charge in [-0.1, -0.05) is 284 Å². The SMILES string of the molecule is CC/C=C\C/C=C\C/C=C\C/C=C\C/C=C\CCCCCC(=O)OCC(COP(=O)(O)OCC(O)COP(=O)(O)OCC(COC(=O)CCCCCC/C=C\C/C=C\C/C=C\C/C=C\CC)OC(=O)CCCCCCCCCCCCC)OC(=O)CCCCCCC/C=C\CCCCCCCC. The molecule has 0 bridgehead atoms. The van der Waals surface area contributed by atoms with Gasteiger partial charge in [0.15, 0.2) is 12.2 Å². The summed E-state index contributed by atoms with van der Waals surface area (Å²) in [6.07, 6.45) is 81.8. The van der Waals surface area contributed by atoms with Crippen molar-refractivity contribution in [2.75, 3.05) is 39.6 Å². The molecule has 0 heterocycles. The number of carbonyl (C=O) groups is 4. The van der Waals surface area contributed by atoms with Crippen molar-refractivity contribution in [2.24, 2.45) is 0 Å². The average molecular weight is 1470 g/mol. The zero-order valence-corrected chi connectivity index (χ0v) is 65.8. The van der Waals surface area contributed by atoms with Crippen molar-refractivity contribution >= 4 is 39.5 Å². The van der Waals surface area contributed by atoms with Crippen molar-refractivity contribution in [1.82, 2.24) is 0 Å². The summed E-state index contributed by atoms with van der Waals surface area (Å²) in [5, 5.41) is 10.6. The molecule has 0 aromatic rings. The van der Waals surface area contributed by atoms with Crippen LogP contribution in [0.5, 0.6) is 0 Å². The van der Waals surface area contributed by atoms with Crippen LogP contribution in [0.2, 0.25) is 0 Å². The third-order valence-electron chi connectivity index (χ3n) is 16.4. The van der Waals surface area contributed by atoms with E-state index >= 15 is 0 Å². The second-order valence-electron chi connectivity index (χ2n) is 26.2. The van der Waals surface area contributed by atoms with Gasteiger partial charge in [-0.25, -0.2) is 9.13 Å². The molecule has 0 saturated carbocycles. The molecule has 0 aliphatic carbocycles. The summed E-state index contributed by atoms with van der Waals surface area (Å²) < 4.78 is 68.5. The fourth-order valence-electron chi connectivity index (χ4n) is 10.4. The number of aliphatic hydroxyl groups excluding tert-OH is 1. The van der Waals surface area contributed by atoms with Crippen LogP contribution < -0.4 is 0 Å². The van der Waals surface area contributed by atoms with Crippen molar-refractivity contribution in [1.29, 1.82) is 0 Å². The van der Waals surface area contributed by atoms with Crippen LogP contribution in [0, 0.1) is 0 Å². The van der Waals surface area contributed by atoms with Gasteiger partial charge in [0.25, 0.3) is 0 Å². The van der Waals surface area contributed by atoms with Gasteiger partial charge in [-0.15, -0.1) is 0 Å². The molecule has 0 aliphatic rings. The molecule has 19 heteroatoms. The minimum Gasteiger partial charge on any atom is -0.462 e. The number of allylic oxidation sites excluding steroid dienone is 20. The average Bonchev–Trinajstić information content (AvgIpc) is 0.939. The first-order valence-corrected chi connectivity index (χ1v) is 42.8. The first-order chi connectivity index (χ1) is 49.7. The van der Waals surface area contributed by atoms with E-state index < -0.39 is 97.5 Å². The van der Waals surface area contributed by atoms with E-state index in [9.17, 15) is 43.2 Å². The lowest BCUT2D eigenvalue weighted by Gasteiger charge is -2.21. The van der Waals surface area contributed by atoms with E-state index in [0.717, 1.165) is 167 Å². The molecule has 0 aromatic heterocycles. The molecule has 0 radical (unpaired) electrons. The normalized spacial score (nSPS) is 14.5. The fourth-order valence-corrected chi connectivity index (χ4v) is 12.0. The highest BCUT2D eigenvalue weighted by molar-refractivity contribution is 7.47. The monoisotopic (exact) mass is 1470 g/mol. The van der Waals surface area contributed by atoms with E-state index in [2.05, 4.69) is 149 Å². The smallest absolute Gasteiger partial charge is 0.462 e. The molecule has 5 atom stereocenters. The van der Waals surface area contributed by atoms with Crippen LogP contribution in [-0.2, 0) is 65.4 Å². The van der Waals surface area contributed by atoms with Crippen molar-refractivity contribution < 1.29 is 80.2 Å². The minimum atomic E-state index is -4.99. The molecule has 0 amide bonds. The number of esters is 4. The minimum absolute atomic E-state index is 0.0758. The molecule has 586 valence electrons. The summed E-state index contributed by atoms with van der Waals surface area (Å²) in [4.78, 5) is 72.9. The molecule has 3 N–H and O–H groups in total. The highest BCUT2D eigenvalue weighted by Gasteiger charge is 2.30. The van der Waals surface area contributed by atoms with Gasteiger partial charge in [0, 0.05) is 25.7 Å². The predicted molar refractivity (Wildman–Crippen MR) is 418 cm³/mol. The Kier molecular flexibility index (Phi) is 71.4. The molecule has 5 unspecified atom stereocenters. The molecule has 0 spiro atoms. The van der Waals surface area contributed by atoms with Crippen LogP contribution in [0.4, 0.5) is 0 Å². The molecule has 0 fully saturated rings. The van der Waals surface area contributed by atoms with Crippen LogP contribution in [0.3, 0.4) is 0 Å². The van der Waals surface area contributed by atoms with Gasteiger partial charge in [-0.05, 0) is 135 Å². The van der Waals surface area contributed by atoms with E-state index in [-0.39, 0.29) is 25.7 Å². The summed E-state index contributed by atoms with van der Waals surface area (Å²) in [7, 11) is -9.97. The lowest BCUT2D eigenvalue weighted by molar-refractivity contribution is -0.161. The number of phosphoric ester groups is 2. The summed E-state index contributed by atoms with van der Waals surface area (Å²) in [6.45, 7) is 4.58. The van der Waals surface area contributed by atoms with Crippen molar-refractivity contribution in [3.05, 3.63) is 122 Å². The third kappa shape index (κ3) is 73.8. The Morgan fingerprint density at radius 3 is 0.804 bits per heavy atom. The molecular weight excluding hydrogens is 1330 g/mol. The fraction of sp³-hybridized carbons (Fsp3) is 0.711. The summed E-state index contributed by atoms with van der Waals surface area (Å²) >= 11 is 0. The maximum absolute atomic E-state index is 13.1. The maximum Gasteiger partial charge on any atom is 0.472 e. The number of hydrogen-bond acceptors (Lipinski definition) is 15. The summed E-state index contributed by atoms with van der Waals surface area (Å²) in [6, 6.07) is 0. The number of hydrogen-bond donors (Lipinski definition) is 3. The van der Waals surface area contributed by atoms with E-state index in [1.807, 2.05) is 0 Å². The number of rotatable bonds is 74. The zero-order valence-electron chi connectivity index (χ0n) is 64.0. The third-order valence-corrected chi connectivity index (χ3v) is 18.3. The summed E-state index contributed by atoms with van der Waals surface area (Å²) in [5.74, 6) is -2.24. The zero-order chi connectivity index (χ0) is 74.6. The highest BCUT2D eigenvalue weighted by Crippen LogP contribution is 2.45. The Balaban J connectivity index is 5.38. The second-order valence-corrected chi connectivity index (χ2v) is 29.2. The Morgan fingerprint density at radius 1 is 0.284 bits per heavy atom. The number of carbonyl (C=O) groups excluding carboxylic acids is 4. The molecule has 17 nitrogen and oxygen atoms in total. The van der Waals surface area contributed by atoms with Crippen LogP contribution >= 0.6 is 15.6 Å². The Hall–Kier alpha value is -4.54. The van der Waals surface area contributed by atoms with Crippen molar-refractivity contribution in [3.63, 3.8) is 0 Å². The molecule has 0 aliphatic heterocycles. The largest absolute Gasteiger partial charge is 0.472 e. The van der Waals surface area contributed by atoms with E-state index in [0.29, 0.717) is 25.7 Å². The van der Waals surface area contributed by atoms with Gasteiger partial charge < -0.3 is 33.8 Å². The standard InChI is InChI=1S/C83H142O17P2/c1-5-9-13-17-21-25-29-32-35-37-38-40-43-45-49-52-56-60-64-68-81(86)94-74-79(100-83(88)70-66-62-58-54-50-46-41-34-31-27-23-19-15-11-7-3)76-98-102(91,92)96-72-77(84)71-95-101(89,90)97-75-78(99-82(87)69-65-61-57-53-47-28-24-20-16-12-8-4)73-93-80(85)67-63-59-55-51-48-44-42-39-36-33-30-26-22-18-14-10-6-2/h9-10,13-14,21-22,25-26,32-36,38,40-42,44-45,49,77-79,84H,5-8,11-12,15-20,23-24,27-31,37,39,43,46-48,50-76H2,1-4H3,(H,89,90)(H,91,92)/b13-9-,14-10-,25-21-,26-22-,35-32-,36-33-,40-38-,41-34-,44-42-,49-45-. The van der Waals surface area contributed by atoms with Gasteiger partial charge in [0.05, 0.1) is 26.4 Å². The first-order valence-electron chi connectivity index (χ1n) is 39.8. The number of unbranched alkanes of at least 4 members (excludes halogenated alkanes) is 28. The molecule has 0 rings (SSSR count). The van der Waals surface area contributed by atoms with Crippen LogP contribution in [0.25, 0.3) is 0 Å². The van der Waals surface area contributed by atoms with Gasteiger partial charge in [-0.3, -0.25) is 37.3 Å².